The molecule has 3 rings (SSSR count). The van der Waals surface area contributed by atoms with Gasteiger partial charge in [0.2, 0.25) is 5.91 Å². The van der Waals surface area contributed by atoms with Crippen LogP contribution in [0.25, 0.3) is 0 Å². The van der Waals surface area contributed by atoms with E-state index >= 15 is 0 Å². The lowest BCUT2D eigenvalue weighted by atomic mass is 10.1. The van der Waals surface area contributed by atoms with Gasteiger partial charge in [0.1, 0.15) is 6.54 Å². The Morgan fingerprint density at radius 3 is 2.46 bits per heavy atom. The summed E-state index contributed by atoms with van der Waals surface area (Å²) in [4.78, 5) is 27.6. The molecule has 10 heteroatoms. The third kappa shape index (κ3) is 4.56. The molecule has 0 radical (unpaired) electrons. The molecule has 1 N–H and O–H groups in total. The molecule has 1 aromatic carbocycles. The lowest BCUT2D eigenvalue weighted by Crippen LogP contribution is -2.44. The van der Waals surface area contributed by atoms with Crippen LogP contribution < -0.4 is 15.1 Å². The van der Waals surface area contributed by atoms with E-state index in [0.717, 1.165) is 30.5 Å². The predicted octanol–water partition coefficient (Wildman–Crippen LogP) is 2.63. The summed E-state index contributed by atoms with van der Waals surface area (Å²) in [6, 6.07) is 3.93. The van der Waals surface area contributed by atoms with Crippen LogP contribution in [0.2, 0.25) is 0 Å². The van der Waals surface area contributed by atoms with Crippen molar-refractivity contribution in [3.8, 4) is 0 Å². The standard InChI is InChI=1S/C18H21F3N4O2S/c1-12-11-28-17(27)25(12)10-16(26)22-15-4-3-13(9-14(15)18(19,20)21)24-7-5-23(2)6-8-24/h3-4,9,11H,5-8,10H2,1-2H3,(H,22,26). The van der Waals surface area contributed by atoms with Crippen molar-refractivity contribution in [2.45, 2.75) is 19.6 Å². The number of likely N-dealkylation sites (N-methyl/N-ethyl adjacent to an activating group) is 1. The van der Waals surface area contributed by atoms with Gasteiger partial charge in [0, 0.05) is 42.9 Å². The molecule has 0 aliphatic carbocycles. The molecule has 1 aliphatic heterocycles. The highest BCUT2D eigenvalue weighted by Crippen LogP contribution is 2.37. The van der Waals surface area contributed by atoms with Gasteiger partial charge in [-0.25, -0.2) is 0 Å². The minimum absolute atomic E-state index is 0.309. The zero-order chi connectivity index (χ0) is 20.5. The normalized spacial score (nSPS) is 15.7. The molecule has 0 bridgehead atoms. The number of rotatable bonds is 4. The van der Waals surface area contributed by atoms with Crippen molar-refractivity contribution >= 4 is 28.6 Å². The second-order valence-electron chi connectivity index (χ2n) is 6.80. The van der Waals surface area contributed by atoms with Gasteiger partial charge in [0.05, 0.1) is 11.3 Å². The van der Waals surface area contributed by atoms with E-state index in [2.05, 4.69) is 10.2 Å². The van der Waals surface area contributed by atoms with E-state index in [1.165, 1.54) is 10.6 Å². The maximum atomic E-state index is 13.6. The number of aromatic nitrogens is 1. The Morgan fingerprint density at radius 2 is 1.89 bits per heavy atom. The monoisotopic (exact) mass is 414 g/mol. The summed E-state index contributed by atoms with van der Waals surface area (Å²) < 4.78 is 42.0. The molecule has 152 valence electrons. The Hall–Kier alpha value is -2.33. The van der Waals surface area contributed by atoms with Crippen molar-refractivity contribution in [3.05, 3.63) is 44.5 Å². The summed E-state index contributed by atoms with van der Waals surface area (Å²) in [5.74, 6) is -0.679. The van der Waals surface area contributed by atoms with E-state index in [-0.39, 0.29) is 17.1 Å². The number of hydrogen-bond donors (Lipinski definition) is 1. The van der Waals surface area contributed by atoms with Gasteiger partial charge < -0.3 is 15.1 Å². The average molecular weight is 414 g/mol. The molecule has 1 aliphatic rings. The maximum Gasteiger partial charge on any atom is 0.418 e. The zero-order valence-corrected chi connectivity index (χ0v) is 16.4. The van der Waals surface area contributed by atoms with E-state index in [4.69, 9.17) is 0 Å². The van der Waals surface area contributed by atoms with Crippen LogP contribution in [0.5, 0.6) is 0 Å². The van der Waals surface area contributed by atoms with Gasteiger partial charge in [-0.1, -0.05) is 11.3 Å². The molecule has 1 fully saturated rings. The van der Waals surface area contributed by atoms with Crippen LogP contribution in [0.15, 0.2) is 28.4 Å². The van der Waals surface area contributed by atoms with E-state index in [0.29, 0.717) is 24.5 Å². The second-order valence-corrected chi connectivity index (χ2v) is 7.62. The SMILES string of the molecule is Cc1csc(=O)n1CC(=O)Nc1ccc(N2CCN(C)CC2)cc1C(F)(F)F. The van der Waals surface area contributed by atoms with E-state index < -0.39 is 17.6 Å². The molecule has 2 aromatic rings. The summed E-state index contributed by atoms with van der Waals surface area (Å²) in [5.41, 5.74) is -0.141. The van der Waals surface area contributed by atoms with Gasteiger partial charge in [0.15, 0.2) is 0 Å². The highest BCUT2D eigenvalue weighted by atomic mass is 32.1. The molecular formula is C18H21F3N4O2S. The first kappa shape index (κ1) is 20.4. The first-order valence-corrected chi connectivity index (χ1v) is 9.62. The number of amides is 1. The lowest BCUT2D eigenvalue weighted by molar-refractivity contribution is -0.136. The number of thiazole rings is 1. The van der Waals surface area contributed by atoms with Gasteiger partial charge in [-0.15, -0.1) is 0 Å². The van der Waals surface area contributed by atoms with Gasteiger partial charge in [-0.2, -0.15) is 13.2 Å². The highest BCUT2D eigenvalue weighted by molar-refractivity contribution is 7.07. The maximum absolute atomic E-state index is 13.6. The zero-order valence-electron chi connectivity index (χ0n) is 15.5. The fraction of sp³-hybridized carbons (Fsp3) is 0.444. The number of aryl methyl sites for hydroxylation is 1. The average Bonchev–Trinajstić information content (AvgIpc) is 2.94. The molecular weight excluding hydrogens is 393 g/mol. The van der Waals surface area contributed by atoms with Crippen molar-refractivity contribution in [2.24, 2.45) is 0 Å². The summed E-state index contributed by atoms with van der Waals surface area (Å²) in [7, 11) is 1.97. The molecule has 2 heterocycles. The molecule has 0 spiro atoms. The predicted molar refractivity (Wildman–Crippen MR) is 103 cm³/mol. The molecule has 28 heavy (non-hydrogen) atoms. The van der Waals surface area contributed by atoms with Crippen molar-refractivity contribution in [2.75, 3.05) is 43.4 Å². The Balaban J connectivity index is 1.82. The third-order valence-electron chi connectivity index (χ3n) is 4.73. The number of carbonyl (C=O) groups excluding carboxylic acids is 1. The number of hydrogen-bond acceptors (Lipinski definition) is 5. The van der Waals surface area contributed by atoms with E-state index in [9.17, 15) is 22.8 Å². The minimum Gasteiger partial charge on any atom is -0.369 e. The number of nitrogens with zero attached hydrogens (tertiary/aromatic N) is 3. The summed E-state index contributed by atoms with van der Waals surface area (Å²) in [6.07, 6.45) is -4.61. The van der Waals surface area contributed by atoms with Gasteiger partial charge in [-0.3, -0.25) is 14.2 Å². The van der Waals surface area contributed by atoms with E-state index in [1.807, 2.05) is 11.9 Å². The first-order chi connectivity index (χ1) is 13.1. The minimum atomic E-state index is -4.61. The quantitative estimate of drug-likeness (QED) is 0.836. The van der Waals surface area contributed by atoms with Crippen molar-refractivity contribution < 1.29 is 18.0 Å². The van der Waals surface area contributed by atoms with Crippen LogP contribution in [0.3, 0.4) is 0 Å². The molecule has 0 atom stereocenters. The summed E-state index contributed by atoms with van der Waals surface area (Å²) >= 11 is 0.943. The Kier molecular flexibility index (Phi) is 5.80. The van der Waals surface area contributed by atoms with E-state index in [1.54, 1.807) is 18.4 Å². The fourth-order valence-corrected chi connectivity index (χ4v) is 3.80. The fourth-order valence-electron chi connectivity index (χ4n) is 3.07. The summed E-state index contributed by atoms with van der Waals surface area (Å²) in [5, 5.41) is 3.91. The lowest BCUT2D eigenvalue weighted by Gasteiger charge is -2.34. The smallest absolute Gasteiger partial charge is 0.369 e. The van der Waals surface area contributed by atoms with Crippen molar-refractivity contribution in [3.63, 3.8) is 0 Å². The number of halogens is 3. The van der Waals surface area contributed by atoms with Crippen LogP contribution in [-0.2, 0) is 17.5 Å². The first-order valence-electron chi connectivity index (χ1n) is 8.74. The topological polar surface area (TPSA) is 57.6 Å². The van der Waals surface area contributed by atoms with Crippen LogP contribution in [0.4, 0.5) is 24.5 Å². The molecule has 1 amide bonds. The number of piperazine rings is 1. The van der Waals surface area contributed by atoms with Crippen LogP contribution in [0.1, 0.15) is 11.3 Å². The highest BCUT2D eigenvalue weighted by Gasteiger charge is 2.35. The van der Waals surface area contributed by atoms with Crippen molar-refractivity contribution in [1.29, 1.82) is 0 Å². The Labute approximate surface area is 164 Å². The second kappa shape index (κ2) is 7.96. The van der Waals surface area contributed by atoms with Gasteiger partial charge in [0.25, 0.3) is 0 Å². The van der Waals surface area contributed by atoms with Crippen LogP contribution in [0, 0.1) is 6.92 Å². The number of anilines is 2. The van der Waals surface area contributed by atoms with Crippen LogP contribution >= 0.6 is 11.3 Å². The van der Waals surface area contributed by atoms with Crippen molar-refractivity contribution in [1.82, 2.24) is 9.47 Å². The number of alkyl halides is 3. The Bertz CT molecular complexity index is 914. The largest absolute Gasteiger partial charge is 0.418 e. The number of carbonyl (C=O) groups is 1. The molecule has 6 nitrogen and oxygen atoms in total. The number of benzene rings is 1. The number of nitrogens with one attached hydrogen (secondary N) is 1. The van der Waals surface area contributed by atoms with Crippen LogP contribution in [-0.4, -0.2) is 48.6 Å². The Morgan fingerprint density at radius 1 is 1.21 bits per heavy atom. The molecule has 0 saturated carbocycles. The summed E-state index contributed by atoms with van der Waals surface area (Å²) in [6.45, 7) is 4.16. The van der Waals surface area contributed by atoms with Gasteiger partial charge >= 0.3 is 11.0 Å². The van der Waals surface area contributed by atoms with Gasteiger partial charge in [-0.05, 0) is 32.2 Å². The molecule has 1 saturated heterocycles. The molecule has 1 aromatic heterocycles. The molecule has 0 unspecified atom stereocenters. The third-order valence-corrected chi connectivity index (χ3v) is 5.61.